The zero-order chi connectivity index (χ0) is 20.4. The van der Waals surface area contributed by atoms with Crippen molar-refractivity contribution < 1.29 is 32.6 Å². The van der Waals surface area contributed by atoms with E-state index in [1.807, 2.05) is 0 Å². The highest BCUT2D eigenvalue weighted by Gasteiger charge is 2.23. The lowest BCUT2D eigenvalue weighted by Crippen LogP contribution is -2.21. The average Bonchev–Trinajstić information content (AvgIpc) is 3.11. The molecule has 1 aromatic carbocycles. The predicted molar refractivity (Wildman–Crippen MR) is 99.7 cm³/mol. The van der Waals surface area contributed by atoms with Gasteiger partial charge in [0, 0.05) is 31.6 Å². The van der Waals surface area contributed by atoms with E-state index in [9.17, 15) is 23.1 Å². The molecule has 0 atom stereocenters. The summed E-state index contributed by atoms with van der Waals surface area (Å²) in [7, 11) is 1.84. The molecule has 2 rings (SSSR count). The summed E-state index contributed by atoms with van der Waals surface area (Å²) < 4.78 is 35.5. The van der Waals surface area contributed by atoms with Crippen LogP contribution in [0.25, 0.3) is 0 Å². The minimum Gasteiger partial charge on any atom is -0.493 e. The first-order valence-corrected chi connectivity index (χ1v) is 9.75. The van der Waals surface area contributed by atoms with Crippen molar-refractivity contribution in [2.45, 2.75) is 4.90 Å². The van der Waals surface area contributed by atoms with Crippen LogP contribution in [0.1, 0.15) is 20.0 Å². The van der Waals surface area contributed by atoms with E-state index in [0.29, 0.717) is 0 Å². The number of ether oxygens (including phenoxy) is 2. The second kappa shape index (κ2) is 7.94. The molecule has 0 saturated heterocycles. The summed E-state index contributed by atoms with van der Waals surface area (Å²) in [5, 5.41) is 13.2. The number of methoxy groups -OCH3 is 2. The molecular formula is C16H18N2O7S2. The molecule has 0 unspecified atom stereocenters. The van der Waals surface area contributed by atoms with Gasteiger partial charge >= 0.3 is 5.97 Å². The number of hydrogen-bond acceptors (Lipinski definition) is 7. The number of nitrogens with one attached hydrogen (secondary N) is 1. The number of rotatable bonds is 7. The molecule has 1 heterocycles. The Morgan fingerprint density at radius 2 is 1.70 bits per heavy atom. The van der Waals surface area contributed by atoms with Gasteiger partial charge in [0.15, 0.2) is 11.5 Å². The largest absolute Gasteiger partial charge is 0.493 e. The number of anilines is 1. The van der Waals surface area contributed by atoms with Crippen LogP contribution in [-0.2, 0) is 10.0 Å². The van der Waals surface area contributed by atoms with Crippen LogP contribution in [0.3, 0.4) is 0 Å². The molecule has 2 N–H and O–H groups in total. The number of nitrogens with zero attached hydrogens (tertiary/aromatic N) is 1. The van der Waals surface area contributed by atoms with Crippen molar-refractivity contribution in [1.29, 1.82) is 0 Å². The van der Waals surface area contributed by atoms with E-state index in [0.717, 1.165) is 15.6 Å². The maximum absolute atomic E-state index is 12.5. The second-order valence-corrected chi connectivity index (χ2v) is 8.51. The fraction of sp³-hybridized carbons (Fsp3) is 0.250. The highest BCUT2D eigenvalue weighted by Crippen LogP contribution is 2.34. The Labute approximate surface area is 160 Å². The van der Waals surface area contributed by atoms with E-state index in [1.54, 1.807) is 0 Å². The average molecular weight is 414 g/mol. The molecule has 0 fully saturated rings. The Hall–Kier alpha value is -2.63. The molecule has 1 amide bonds. The Kier molecular flexibility index (Phi) is 6.08. The van der Waals surface area contributed by atoms with Crippen LogP contribution in [0.4, 0.5) is 5.69 Å². The van der Waals surface area contributed by atoms with Crippen molar-refractivity contribution in [1.82, 2.24) is 4.31 Å². The van der Waals surface area contributed by atoms with Crippen molar-refractivity contribution in [2.75, 3.05) is 33.6 Å². The number of hydrogen-bond donors (Lipinski definition) is 2. The SMILES string of the molecule is COc1cc(NC(=O)c2cc(S(=O)(=O)N(C)C)cs2)c(C(=O)O)cc1OC. The number of carbonyl (C=O) groups is 2. The third-order valence-electron chi connectivity index (χ3n) is 3.58. The Balaban J connectivity index is 2.38. The zero-order valence-corrected chi connectivity index (χ0v) is 16.6. The van der Waals surface area contributed by atoms with Crippen molar-refractivity contribution in [3.8, 4) is 11.5 Å². The number of amides is 1. The molecule has 0 radical (unpaired) electrons. The fourth-order valence-corrected chi connectivity index (χ4v) is 4.19. The number of carbonyl (C=O) groups excluding carboxylic acids is 1. The third kappa shape index (κ3) is 4.21. The summed E-state index contributed by atoms with van der Waals surface area (Å²) in [6.45, 7) is 0. The van der Waals surface area contributed by atoms with Crippen LogP contribution in [-0.4, -0.2) is 58.0 Å². The van der Waals surface area contributed by atoms with E-state index in [4.69, 9.17) is 9.47 Å². The zero-order valence-electron chi connectivity index (χ0n) is 15.0. The second-order valence-electron chi connectivity index (χ2n) is 5.45. The molecule has 0 bridgehead atoms. The minimum atomic E-state index is -3.67. The van der Waals surface area contributed by atoms with Gasteiger partial charge in [-0.1, -0.05) is 0 Å². The molecule has 11 heteroatoms. The number of sulfonamides is 1. The number of carboxylic acid groups (broad SMARTS) is 1. The number of benzene rings is 1. The summed E-state index contributed by atoms with van der Waals surface area (Å²) in [6.07, 6.45) is 0. The van der Waals surface area contributed by atoms with Gasteiger partial charge in [-0.05, 0) is 6.07 Å². The lowest BCUT2D eigenvalue weighted by molar-refractivity contribution is 0.0697. The highest BCUT2D eigenvalue weighted by atomic mass is 32.2. The lowest BCUT2D eigenvalue weighted by Gasteiger charge is -2.13. The van der Waals surface area contributed by atoms with Gasteiger partial charge in [0.1, 0.15) is 0 Å². The van der Waals surface area contributed by atoms with E-state index in [1.165, 1.54) is 51.9 Å². The molecular weight excluding hydrogens is 396 g/mol. The first-order chi connectivity index (χ1) is 12.6. The normalized spacial score (nSPS) is 11.3. The van der Waals surface area contributed by atoms with Crippen LogP contribution in [0.5, 0.6) is 11.5 Å². The summed E-state index contributed by atoms with van der Waals surface area (Å²) >= 11 is 0.932. The smallest absolute Gasteiger partial charge is 0.337 e. The van der Waals surface area contributed by atoms with Crippen molar-refractivity contribution in [3.05, 3.63) is 34.0 Å². The highest BCUT2D eigenvalue weighted by molar-refractivity contribution is 7.89. The van der Waals surface area contributed by atoms with Crippen LogP contribution < -0.4 is 14.8 Å². The van der Waals surface area contributed by atoms with E-state index in [2.05, 4.69) is 5.32 Å². The maximum atomic E-state index is 12.5. The summed E-state index contributed by atoms with van der Waals surface area (Å²) in [6, 6.07) is 3.79. The van der Waals surface area contributed by atoms with Crippen molar-refractivity contribution >= 4 is 38.9 Å². The predicted octanol–water partition coefficient (Wildman–Crippen LogP) is 1.97. The third-order valence-corrected chi connectivity index (χ3v) is 6.45. The standard InChI is InChI=1S/C16H18N2O7S2/c1-18(2)27(22,23)9-5-14(26-8-9)15(19)17-11-7-13(25-4)12(24-3)6-10(11)16(20)21/h5-8H,1-4H3,(H,17,19)(H,20,21). The van der Waals surface area contributed by atoms with Gasteiger partial charge < -0.3 is 19.9 Å². The number of thiophene rings is 1. The summed E-state index contributed by atoms with van der Waals surface area (Å²) in [5.41, 5.74) is -0.200. The molecule has 146 valence electrons. The lowest BCUT2D eigenvalue weighted by atomic mass is 10.1. The fourth-order valence-electron chi connectivity index (χ4n) is 2.13. The number of aromatic carboxylic acids is 1. The van der Waals surface area contributed by atoms with Gasteiger partial charge in [-0.3, -0.25) is 4.79 Å². The van der Waals surface area contributed by atoms with Crippen molar-refractivity contribution in [3.63, 3.8) is 0 Å². The van der Waals surface area contributed by atoms with Crippen LogP contribution in [0.15, 0.2) is 28.5 Å². The topological polar surface area (TPSA) is 122 Å². The summed E-state index contributed by atoms with van der Waals surface area (Å²) in [5.74, 6) is -1.48. The van der Waals surface area contributed by atoms with Gasteiger partial charge in [-0.2, -0.15) is 0 Å². The first-order valence-electron chi connectivity index (χ1n) is 7.43. The van der Waals surface area contributed by atoms with Gasteiger partial charge in [-0.15, -0.1) is 11.3 Å². The molecule has 0 aliphatic heterocycles. The molecule has 27 heavy (non-hydrogen) atoms. The molecule has 0 spiro atoms. The summed E-state index contributed by atoms with van der Waals surface area (Å²) in [4.78, 5) is 24.1. The molecule has 1 aromatic heterocycles. The van der Waals surface area contributed by atoms with Crippen LogP contribution >= 0.6 is 11.3 Å². The van der Waals surface area contributed by atoms with Gasteiger partial charge in [0.2, 0.25) is 10.0 Å². The molecule has 9 nitrogen and oxygen atoms in total. The minimum absolute atomic E-state index is 0.00410. The van der Waals surface area contributed by atoms with Crippen LogP contribution in [0.2, 0.25) is 0 Å². The molecule has 2 aromatic rings. The Bertz CT molecular complexity index is 981. The number of carboxylic acids is 1. The first kappa shape index (κ1) is 20.7. The van der Waals surface area contributed by atoms with Gasteiger partial charge in [-0.25, -0.2) is 17.5 Å². The van der Waals surface area contributed by atoms with Crippen molar-refractivity contribution in [2.24, 2.45) is 0 Å². The Morgan fingerprint density at radius 1 is 1.11 bits per heavy atom. The van der Waals surface area contributed by atoms with Crippen LogP contribution in [0, 0.1) is 0 Å². The Morgan fingerprint density at radius 3 is 2.22 bits per heavy atom. The van der Waals surface area contributed by atoms with E-state index in [-0.39, 0.29) is 32.5 Å². The maximum Gasteiger partial charge on any atom is 0.337 e. The molecule has 0 aliphatic carbocycles. The van der Waals surface area contributed by atoms with E-state index >= 15 is 0 Å². The molecule has 0 saturated carbocycles. The quantitative estimate of drug-likeness (QED) is 0.710. The van der Waals surface area contributed by atoms with E-state index < -0.39 is 21.9 Å². The molecule has 0 aliphatic rings. The van der Waals surface area contributed by atoms with Gasteiger partial charge in [0.25, 0.3) is 5.91 Å². The van der Waals surface area contributed by atoms with Gasteiger partial charge in [0.05, 0.1) is 35.2 Å². The monoisotopic (exact) mass is 414 g/mol.